The predicted molar refractivity (Wildman–Crippen MR) is 124 cm³/mol. The number of benzene rings is 2. The third-order valence-electron chi connectivity index (χ3n) is 4.47. The Balaban J connectivity index is 1.74. The fourth-order valence-electron chi connectivity index (χ4n) is 3.05. The van der Waals surface area contributed by atoms with Crippen molar-refractivity contribution in [1.29, 1.82) is 0 Å². The van der Waals surface area contributed by atoms with Crippen LogP contribution in [0.25, 0.3) is 11.3 Å². The lowest BCUT2D eigenvalue weighted by Crippen LogP contribution is -2.27. The van der Waals surface area contributed by atoms with Crippen LogP contribution >= 0.6 is 0 Å². The number of para-hydroxylation sites is 2. The van der Waals surface area contributed by atoms with Crippen molar-refractivity contribution in [3.05, 3.63) is 77.5 Å². The number of nitrogens with zero attached hydrogens (tertiary/aromatic N) is 1. The predicted octanol–water partition coefficient (Wildman–Crippen LogP) is 5.47. The fraction of sp³-hybridized carbons (Fsp3) is 0.200. The highest BCUT2D eigenvalue weighted by molar-refractivity contribution is 6.07. The van der Waals surface area contributed by atoms with Gasteiger partial charge in [0, 0.05) is 22.9 Å². The molecule has 0 radical (unpaired) electrons. The Morgan fingerprint density at radius 1 is 0.969 bits per heavy atom. The van der Waals surface area contributed by atoms with Crippen molar-refractivity contribution in [3.63, 3.8) is 0 Å². The zero-order chi connectivity index (χ0) is 23.3. The Bertz CT molecular complexity index is 1150. The van der Waals surface area contributed by atoms with Crippen LogP contribution in [0.2, 0.25) is 0 Å². The molecule has 0 saturated carbocycles. The molecule has 2 N–H and O–H groups in total. The van der Waals surface area contributed by atoms with Crippen molar-refractivity contribution in [2.24, 2.45) is 0 Å². The van der Waals surface area contributed by atoms with E-state index in [9.17, 15) is 14.4 Å². The number of hydrogen-bond acceptors (Lipinski definition) is 5. The maximum absolute atomic E-state index is 12.8. The molecule has 7 nitrogen and oxygen atoms in total. The molecule has 0 aliphatic carbocycles. The van der Waals surface area contributed by atoms with E-state index in [1.54, 1.807) is 75.4 Å². The van der Waals surface area contributed by atoms with Crippen LogP contribution in [0.5, 0.6) is 0 Å². The first-order valence-corrected chi connectivity index (χ1v) is 10.1. The number of carbonyl (C=O) groups is 3. The normalized spacial score (nSPS) is 10.9. The second-order valence-corrected chi connectivity index (χ2v) is 8.26. The molecule has 2 amide bonds. The minimum atomic E-state index is -0.634. The first-order valence-electron chi connectivity index (χ1n) is 10.1. The smallest absolute Gasteiger partial charge is 0.412 e. The summed E-state index contributed by atoms with van der Waals surface area (Å²) in [4.78, 5) is 40.1. The van der Waals surface area contributed by atoms with Crippen LogP contribution in [-0.2, 0) is 4.74 Å². The Hall–Kier alpha value is -4.00. The van der Waals surface area contributed by atoms with E-state index in [0.29, 0.717) is 22.5 Å². The van der Waals surface area contributed by atoms with Gasteiger partial charge in [0.05, 0.1) is 17.1 Å². The van der Waals surface area contributed by atoms with Crippen LogP contribution in [-0.4, -0.2) is 28.9 Å². The average molecular weight is 431 g/mol. The number of pyridine rings is 1. The molecule has 0 aliphatic rings. The summed E-state index contributed by atoms with van der Waals surface area (Å²) in [5.41, 5.74) is 3.66. The van der Waals surface area contributed by atoms with Crippen LogP contribution < -0.4 is 10.6 Å². The quantitative estimate of drug-likeness (QED) is 0.522. The van der Waals surface area contributed by atoms with Gasteiger partial charge in [-0.15, -0.1) is 0 Å². The largest absolute Gasteiger partial charge is 0.444 e. The number of rotatable bonds is 5. The van der Waals surface area contributed by atoms with Crippen LogP contribution in [0.3, 0.4) is 0 Å². The second-order valence-electron chi connectivity index (χ2n) is 8.26. The van der Waals surface area contributed by atoms with Gasteiger partial charge in [0.15, 0.2) is 6.29 Å². The van der Waals surface area contributed by atoms with Crippen molar-refractivity contribution in [2.75, 3.05) is 10.6 Å². The van der Waals surface area contributed by atoms with E-state index in [0.717, 1.165) is 23.1 Å². The van der Waals surface area contributed by atoms with Gasteiger partial charge in [-0.3, -0.25) is 19.9 Å². The van der Waals surface area contributed by atoms with E-state index in [1.807, 2.05) is 6.92 Å². The molecule has 2 aromatic carbocycles. The van der Waals surface area contributed by atoms with Crippen LogP contribution in [0.4, 0.5) is 16.2 Å². The van der Waals surface area contributed by atoms with Gasteiger partial charge in [-0.1, -0.05) is 24.3 Å². The van der Waals surface area contributed by atoms with Crippen molar-refractivity contribution in [1.82, 2.24) is 4.98 Å². The molecular formula is C25H25N3O4. The standard InChI is InChI=1S/C25H25N3O4/c1-16-13-17(15-29)14-26-22(16)18-9-11-19(12-10-18)23(30)27-20-7-5-6-8-21(20)28-24(31)32-25(2,3)4/h5-15H,1-4H3,(H,27,30)(H,28,31). The minimum Gasteiger partial charge on any atom is -0.444 e. The number of aromatic nitrogens is 1. The minimum absolute atomic E-state index is 0.323. The van der Waals surface area contributed by atoms with E-state index in [4.69, 9.17) is 4.74 Å². The third kappa shape index (κ3) is 5.78. The zero-order valence-corrected chi connectivity index (χ0v) is 18.4. The lowest BCUT2D eigenvalue weighted by atomic mass is 10.0. The van der Waals surface area contributed by atoms with Crippen molar-refractivity contribution in [2.45, 2.75) is 33.3 Å². The summed E-state index contributed by atoms with van der Waals surface area (Å²) >= 11 is 0. The number of amides is 2. The molecule has 0 bridgehead atoms. The van der Waals surface area contributed by atoms with Crippen molar-refractivity contribution in [3.8, 4) is 11.3 Å². The fourth-order valence-corrected chi connectivity index (χ4v) is 3.05. The number of aldehydes is 1. The van der Waals surface area contributed by atoms with Gasteiger partial charge in [0.25, 0.3) is 5.91 Å². The number of hydrogen-bond donors (Lipinski definition) is 2. The van der Waals surface area contributed by atoms with E-state index >= 15 is 0 Å². The van der Waals surface area contributed by atoms with E-state index in [-0.39, 0.29) is 5.91 Å². The number of anilines is 2. The molecule has 0 fully saturated rings. The Morgan fingerprint density at radius 3 is 2.16 bits per heavy atom. The molecule has 3 rings (SSSR count). The molecule has 32 heavy (non-hydrogen) atoms. The van der Waals surface area contributed by atoms with E-state index in [1.165, 1.54) is 6.20 Å². The molecule has 0 aliphatic heterocycles. The summed E-state index contributed by atoms with van der Waals surface area (Å²) in [6, 6.07) is 15.7. The molecule has 164 valence electrons. The summed E-state index contributed by atoms with van der Waals surface area (Å²) in [5, 5.41) is 5.48. The maximum atomic E-state index is 12.8. The molecule has 1 heterocycles. The summed E-state index contributed by atoms with van der Waals surface area (Å²) in [6.45, 7) is 7.21. The lowest BCUT2D eigenvalue weighted by molar-refractivity contribution is 0.0635. The topological polar surface area (TPSA) is 97.4 Å². The first-order chi connectivity index (χ1) is 15.2. The number of nitrogens with one attached hydrogen (secondary N) is 2. The number of ether oxygens (including phenoxy) is 1. The first kappa shape index (κ1) is 22.7. The van der Waals surface area contributed by atoms with Gasteiger partial charge < -0.3 is 10.1 Å². The number of carbonyl (C=O) groups excluding carboxylic acids is 3. The summed E-state index contributed by atoms with van der Waals surface area (Å²) in [6.07, 6.45) is 1.67. The summed E-state index contributed by atoms with van der Waals surface area (Å²) in [7, 11) is 0. The Kier molecular flexibility index (Phi) is 6.68. The molecular weight excluding hydrogens is 406 g/mol. The Morgan fingerprint density at radius 2 is 1.59 bits per heavy atom. The SMILES string of the molecule is Cc1cc(C=O)cnc1-c1ccc(C(=O)Nc2ccccc2NC(=O)OC(C)(C)C)cc1. The molecule has 0 saturated heterocycles. The van der Waals surface area contributed by atoms with Gasteiger partial charge in [0.1, 0.15) is 5.60 Å². The average Bonchev–Trinajstić information content (AvgIpc) is 2.74. The zero-order valence-electron chi connectivity index (χ0n) is 18.4. The van der Waals surface area contributed by atoms with Crippen LogP contribution in [0, 0.1) is 6.92 Å². The highest BCUT2D eigenvalue weighted by atomic mass is 16.6. The molecule has 0 atom stereocenters. The Labute approximate surface area is 186 Å². The van der Waals surface area contributed by atoms with E-state index in [2.05, 4.69) is 15.6 Å². The van der Waals surface area contributed by atoms with Gasteiger partial charge >= 0.3 is 6.09 Å². The molecule has 7 heteroatoms. The highest BCUT2D eigenvalue weighted by Crippen LogP contribution is 2.25. The molecule has 3 aromatic rings. The van der Waals surface area contributed by atoms with Gasteiger partial charge in [-0.05, 0) is 63.6 Å². The highest BCUT2D eigenvalue weighted by Gasteiger charge is 2.18. The molecule has 0 spiro atoms. The van der Waals surface area contributed by atoms with Crippen molar-refractivity contribution >= 4 is 29.7 Å². The number of aryl methyl sites for hydroxylation is 1. The van der Waals surface area contributed by atoms with Crippen LogP contribution in [0.1, 0.15) is 47.1 Å². The van der Waals surface area contributed by atoms with E-state index < -0.39 is 11.7 Å². The lowest BCUT2D eigenvalue weighted by Gasteiger charge is -2.20. The molecule has 1 aromatic heterocycles. The van der Waals surface area contributed by atoms with Gasteiger partial charge in [-0.2, -0.15) is 0 Å². The third-order valence-corrected chi connectivity index (χ3v) is 4.47. The second kappa shape index (κ2) is 9.43. The maximum Gasteiger partial charge on any atom is 0.412 e. The molecule has 0 unspecified atom stereocenters. The van der Waals surface area contributed by atoms with Gasteiger partial charge in [0.2, 0.25) is 0 Å². The van der Waals surface area contributed by atoms with Crippen molar-refractivity contribution < 1.29 is 19.1 Å². The van der Waals surface area contributed by atoms with Gasteiger partial charge in [-0.25, -0.2) is 4.79 Å². The summed E-state index contributed by atoms with van der Waals surface area (Å²) < 4.78 is 5.28. The summed E-state index contributed by atoms with van der Waals surface area (Å²) in [5.74, 6) is -0.323. The van der Waals surface area contributed by atoms with Crippen LogP contribution in [0.15, 0.2) is 60.8 Å². The monoisotopic (exact) mass is 431 g/mol.